The van der Waals surface area contributed by atoms with Gasteiger partial charge in [0, 0.05) is 13.0 Å². The highest BCUT2D eigenvalue weighted by Gasteiger charge is 2.04. The largest absolute Gasteiger partial charge is 0.394 e. The third kappa shape index (κ3) is 1.58. The highest BCUT2D eigenvalue weighted by molar-refractivity contribution is 5.92. The third-order valence-electron chi connectivity index (χ3n) is 1.10. The summed E-state index contributed by atoms with van der Waals surface area (Å²) in [6.07, 6.45) is 1.40. The lowest BCUT2D eigenvalue weighted by atomic mass is 10.3. The van der Waals surface area contributed by atoms with Crippen LogP contribution in [0, 0.1) is 6.57 Å². The van der Waals surface area contributed by atoms with Crippen molar-refractivity contribution < 1.29 is 4.79 Å². The molecule has 0 fully saturated rings. The monoisotopic (exact) mass is 147 g/mol. The van der Waals surface area contributed by atoms with E-state index in [0.717, 1.165) is 0 Å². The summed E-state index contributed by atoms with van der Waals surface area (Å²) < 4.78 is 0. The van der Waals surface area contributed by atoms with Crippen LogP contribution in [0.15, 0.2) is 12.3 Å². The average Bonchev–Trinajstić information content (AvgIpc) is 2.05. The van der Waals surface area contributed by atoms with Crippen LogP contribution >= 0.6 is 0 Å². The molecule has 4 nitrogen and oxygen atoms in total. The lowest BCUT2D eigenvalue weighted by Crippen LogP contribution is -1.95. The number of hydrogen-bond acceptors (Lipinski definition) is 3. The summed E-state index contributed by atoms with van der Waals surface area (Å²) in [5, 5.41) is 0. The number of nitrogens with zero attached hydrogens (tertiary/aromatic N) is 3. The van der Waals surface area contributed by atoms with E-state index < -0.39 is 0 Å². The Morgan fingerprint density at radius 3 is 3.00 bits per heavy atom. The van der Waals surface area contributed by atoms with Gasteiger partial charge in [0.25, 0.3) is 0 Å². The molecule has 0 aliphatic heterocycles. The van der Waals surface area contributed by atoms with Crippen LogP contribution in [-0.4, -0.2) is 15.8 Å². The molecule has 0 aliphatic carbocycles. The number of hydrogen-bond donors (Lipinski definition) is 0. The zero-order chi connectivity index (χ0) is 8.27. The van der Waals surface area contributed by atoms with Crippen LogP contribution in [0.2, 0.25) is 0 Å². The molecule has 4 heteroatoms. The van der Waals surface area contributed by atoms with Crippen LogP contribution in [0.5, 0.6) is 0 Å². The van der Waals surface area contributed by atoms with Gasteiger partial charge < -0.3 is 4.85 Å². The summed E-state index contributed by atoms with van der Waals surface area (Å²) in [6.45, 7) is 7.97. The smallest absolute Gasteiger partial charge is 0.372 e. The number of carbonyl (C=O) groups is 1. The highest BCUT2D eigenvalue weighted by Crippen LogP contribution is 2.03. The molecular weight excluding hydrogens is 142 g/mol. The fourth-order valence-electron chi connectivity index (χ4n) is 0.598. The van der Waals surface area contributed by atoms with Crippen LogP contribution in [0.4, 0.5) is 5.95 Å². The normalized spacial score (nSPS) is 8.73. The van der Waals surface area contributed by atoms with Crippen LogP contribution in [0.3, 0.4) is 0 Å². The zero-order valence-electron chi connectivity index (χ0n) is 5.90. The topological polar surface area (TPSA) is 47.2 Å². The maximum Gasteiger partial charge on any atom is 0.372 e. The van der Waals surface area contributed by atoms with Crippen LogP contribution < -0.4 is 0 Å². The van der Waals surface area contributed by atoms with Gasteiger partial charge in [-0.15, -0.1) is 11.6 Å². The van der Waals surface area contributed by atoms with Gasteiger partial charge in [0.2, 0.25) is 0 Å². The van der Waals surface area contributed by atoms with Crippen molar-refractivity contribution >= 4 is 11.7 Å². The SMILES string of the molecule is [C-]#[N+]c1nccc(C(C)=O)n1. The molecule has 0 N–H and O–H groups in total. The molecule has 0 unspecified atom stereocenters. The Labute approximate surface area is 63.7 Å². The molecule has 0 amide bonds. The lowest BCUT2D eigenvalue weighted by Gasteiger charge is -1.88. The second-order valence-electron chi connectivity index (χ2n) is 1.91. The van der Waals surface area contributed by atoms with E-state index in [9.17, 15) is 4.79 Å². The Balaban J connectivity index is 3.13. The predicted octanol–water partition coefficient (Wildman–Crippen LogP) is 1.23. The number of Topliss-reactive ketones (excluding diaryl/α,β-unsaturated/α-hetero) is 1. The van der Waals surface area contributed by atoms with Gasteiger partial charge >= 0.3 is 5.95 Å². The second kappa shape index (κ2) is 2.88. The minimum Gasteiger partial charge on any atom is -0.394 e. The van der Waals surface area contributed by atoms with Crippen molar-refractivity contribution in [2.24, 2.45) is 0 Å². The van der Waals surface area contributed by atoms with Crippen molar-refractivity contribution in [1.82, 2.24) is 9.97 Å². The predicted molar refractivity (Wildman–Crippen MR) is 38.3 cm³/mol. The van der Waals surface area contributed by atoms with E-state index >= 15 is 0 Å². The molecule has 1 aromatic heterocycles. The van der Waals surface area contributed by atoms with Gasteiger partial charge in [0.05, 0.1) is 6.20 Å². The number of carbonyl (C=O) groups excluding carboxylic acids is 1. The highest BCUT2D eigenvalue weighted by atomic mass is 16.1. The van der Waals surface area contributed by atoms with Crippen LogP contribution in [-0.2, 0) is 0 Å². The summed E-state index contributed by atoms with van der Waals surface area (Å²) in [7, 11) is 0. The zero-order valence-corrected chi connectivity index (χ0v) is 5.90. The summed E-state index contributed by atoms with van der Waals surface area (Å²) >= 11 is 0. The first-order valence-electron chi connectivity index (χ1n) is 2.95. The van der Waals surface area contributed by atoms with Crippen LogP contribution in [0.1, 0.15) is 17.4 Å². The molecule has 54 valence electrons. The number of rotatable bonds is 1. The maximum absolute atomic E-state index is 10.7. The van der Waals surface area contributed by atoms with Gasteiger partial charge in [-0.05, 0) is 0 Å². The van der Waals surface area contributed by atoms with E-state index in [1.54, 1.807) is 0 Å². The number of ketones is 1. The molecule has 0 atom stereocenters. The fraction of sp³-hybridized carbons (Fsp3) is 0.143. The second-order valence-corrected chi connectivity index (χ2v) is 1.91. The van der Waals surface area contributed by atoms with E-state index in [-0.39, 0.29) is 17.4 Å². The Morgan fingerprint density at radius 1 is 1.73 bits per heavy atom. The van der Waals surface area contributed by atoms with Crippen molar-refractivity contribution in [1.29, 1.82) is 0 Å². The summed E-state index contributed by atoms with van der Waals surface area (Å²) in [4.78, 5) is 21.0. The quantitative estimate of drug-likeness (QED) is 0.443. The molecule has 0 saturated heterocycles. The van der Waals surface area contributed by atoms with E-state index in [4.69, 9.17) is 6.57 Å². The molecule has 0 spiro atoms. The summed E-state index contributed by atoms with van der Waals surface area (Å²) in [5.74, 6) is -0.144. The summed E-state index contributed by atoms with van der Waals surface area (Å²) in [5.41, 5.74) is 0.283. The molecule has 0 aliphatic rings. The first-order valence-corrected chi connectivity index (χ1v) is 2.95. The lowest BCUT2D eigenvalue weighted by molar-refractivity contribution is 0.101. The minimum absolute atomic E-state index is 0.0118. The molecule has 1 aromatic rings. The Bertz CT molecular complexity index is 327. The van der Waals surface area contributed by atoms with E-state index in [1.165, 1.54) is 19.2 Å². The van der Waals surface area contributed by atoms with Gasteiger partial charge in [0.15, 0.2) is 11.5 Å². The molecular formula is C7H5N3O. The van der Waals surface area contributed by atoms with Gasteiger partial charge in [-0.3, -0.25) is 4.79 Å². The molecule has 0 saturated carbocycles. The first-order chi connectivity index (χ1) is 5.24. The number of aromatic nitrogens is 2. The first kappa shape index (κ1) is 7.35. The molecule has 1 heterocycles. The van der Waals surface area contributed by atoms with E-state index in [2.05, 4.69) is 14.8 Å². The molecule has 1 rings (SSSR count). The van der Waals surface area contributed by atoms with E-state index in [1.807, 2.05) is 0 Å². The maximum atomic E-state index is 10.7. The van der Waals surface area contributed by atoms with Crippen LogP contribution in [0.25, 0.3) is 4.85 Å². The van der Waals surface area contributed by atoms with E-state index in [0.29, 0.717) is 0 Å². The van der Waals surface area contributed by atoms with Crippen molar-refractivity contribution in [3.05, 3.63) is 29.4 Å². The molecule has 0 radical (unpaired) electrons. The van der Waals surface area contributed by atoms with Gasteiger partial charge in [-0.25, -0.2) is 0 Å². The average molecular weight is 147 g/mol. The minimum atomic E-state index is -0.155. The fourth-order valence-corrected chi connectivity index (χ4v) is 0.598. The Hall–Kier alpha value is -1.76. The van der Waals surface area contributed by atoms with Crippen molar-refractivity contribution in [2.75, 3.05) is 0 Å². The Morgan fingerprint density at radius 2 is 2.45 bits per heavy atom. The van der Waals surface area contributed by atoms with Crippen molar-refractivity contribution in [3.8, 4) is 0 Å². The Kier molecular flexibility index (Phi) is 1.93. The molecule has 0 aromatic carbocycles. The molecule has 11 heavy (non-hydrogen) atoms. The molecule has 0 bridgehead atoms. The van der Waals surface area contributed by atoms with Gasteiger partial charge in [0.1, 0.15) is 0 Å². The van der Waals surface area contributed by atoms with Crippen molar-refractivity contribution in [2.45, 2.75) is 6.92 Å². The standard InChI is InChI=1S/C7H5N3O/c1-5(11)6-3-4-9-7(8-2)10-6/h3-4H,1H3. The van der Waals surface area contributed by atoms with Gasteiger partial charge in [-0.1, -0.05) is 0 Å². The third-order valence-corrected chi connectivity index (χ3v) is 1.10. The van der Waals surface area contributed by atoms with Crippen molar-refractivity contribution in [3.63, 3.8) is 0 Å². The van der Waals surface area contributed by atoms with Gasteiger partial charge in [-0.2, -0.15) is 4.98 Å². The summed E-state index contributed by atoms with van der Waals surface area (Å²) in [6, 6.07) is 1.48.